The molecule has 1 saturated heterocycles. The summed E-state index contributed by atoms with van der Waals surface area (Å²) in [7, 11) is 0. The van der Waals surface area contributed by atoms with Crippen LogP contribution in [0.3, 0.4) is 0 Å². The van der Waals surface area contributed by atoms with Crippen LogP contribution in [0.1, 0.15) is 26.2 Å². The molecule has 7 nitrogen and oxygen atoms in total. The summed E-state index contributed by atoms with van der Waals surface area (Å²) < 4.78 is 6.47. The Bertz CT molecular complexity index is 1040. The molecular weight excluding hydrogens is 402 g/mol. The highest BCUT2D eigenvalue weighted by atomic mass is 32.1. The number of amides is 3. The van der Waals surface area contributed by atoms with Gasteiger partial charge in [-0.25, -0.2) is 4.98 Å². The Balaban J connectivity index is 1.63. The first-order valence-corrected chi connectivity index (χ1v) is 10.6. The third kappa shape index (κ3) is 4.04. The van der Waals surface area contributed by atoms with E-state index in [0.29, 0.717) is 23.2 Å². The highest BCUT2D eigenvalue weighted by Crippen LogP contribution is 2.34. The third-order valence-electron chi connectivity index (χ3n) is 4.83. The Hall–Kier alpha value is -3.26. The summed E-state index contributed by atoms with van der Waals surface area (Å²) in [5, 5.41) is 0.546. The van der Waals surface area contributed by atoms with Crippen LogP contribution >= 0.6 is 11.3 Å². The number of hydrogen-bond donors (Lipinski definition) is 0. The van der Waals surface area contributed by atoms with Crippen LogP contribution in [0.5, 0.6) is 5.75 Å². The molecule has 8 heteroatoms. The molecule has 3 aromatic rings. The lowest BCUT2D eigenvalue weighted by Crippen LogP contribution is -2.34. The monoisotopic (exact) mass is 423 g/mol. The van der Waals surface area contributed by atoms with E-state index in [2.05, 4.69) is 4.98 Å². The van der Waals surface area contributed by atoms with Crippen LogP contribution in [-0.4, -0.2) is 40.8 Å². The molecule has 1 fully saturated rings. The van der Waals surface area contributed by atoms with Gasteiger partial charge in [0.05, 0.1) is 22.5 Å². The summed E-state index contributed by atoms with van der Waals surface area (Å²) in [6, 6.07) is 14.9. The Morgan fingerprint density at radius 2 is 1.80 bits per heavy atom. The van der Waals surface area contributed by atoms with E-state index in [1.165, 1.54) is 16.2 Å². The molecule has 0 saturated carbocycles. The first-order chi connectivity index (χ1) is 14.6. The molecule has 0 radical (unpaired) electrons. The van der Waals surface area contributed by atoms with Crippen LogP contribution in [0.2, 0.25) is 0 Å². The average molecular weight is 423 g/mol. The standard InChI is InChI=1S/C22H21N3O4S/c1-2-29-16-9-7-15(8-10-16)25(22-23-17-5-3-4-6-18(17)30-22)21(28)13-14-24-19(26)11-12-20(24)27/h3-10H,2,11-14H2,1H3. The number of aromatic nitrogens is 1. The van der Waals surface area contributed by atoms with Gasteiger partial charge in [0.25, 0.3) is 0 Å². The second kappa shape index (κ2) is 8.62. The molecule has 1 aromatic heterocycles. The molecule has 1 aliphatic heterocycles. The predicted molar refractivity (Wildman–Crippen MR) is 115 cm³/mol. The van der Waals surface area contributed by atoms with Gasteiger partial charge in [0, 0.05) is 25.8 Å². The van der Waals surface area contributed by atoms with E-state index in [4.69, 9.17) is 4.74 Å². The zero-order chi connectivity index (χ0) is 21.1. The number of thiazole rings is 1. The molecule has 0 atom stereocenters. The van der Waals surface area contributed by atoms with Crippen molar-refractivity contribution in [3.05, 3.63) is 48.5 Å². The van der Waals surface area contributed by atoms with Crippen molar-refractivity contribution in [2.75, 3.05) is 18.1 Å². The number of imide groups is 1. The number of rotatable bonds is 7. The van der Waals surface area contributed by atoms with Crippen LogP contribution in [0.15, 0.2) is 48.5 Å². The number of carbonyl (C=O) groups is 3. The van der Waals surface area contributed by atoms with Crippen molar-refractivity contribution >= 4 is 50.1 Å². The zero-order valence-corrected chi connectivity index (χ0v) is 17.4. The lowest BCUT2D eigenvalue weighted by molar-refractivity contribution is -0.138. The molecular formula is C22H21N3O4S. The topological polar surface area (TPSA) is 79.8 Å². The number of anilines is 2. The molecule has 0 aliphatic carbocycles. The Morgan fingerprint density at radius 1 is 1.10 bits per heavy atom. The molecule has 2 aromatic carbocycles. The number of para-hydroxylation sites is 1. The maximum Gasteiger partial charge on any atom is 0.235 e. The zero-order valence-electron chi connectivity index (χ0n) is 16.5. The first kappa shape index (κ1) is 20.0. The van der Waals surface area contributed by atoms with Gasteiger partial charge in [0.15, 0.2) is 5.13 Å². The molecule has 0 unspecified atom stereocenters. The quantitative estimate of drug-likeness (QED) is 0.539. The van der Waals surface area contributed by atoms with Crippen molar-refractivity contribution in [3.63, 3.8) is 0 Å². The van der Waals surface area contributed by atoms with Crippen LogP contribution < -0.4 is 9.64 Å². The van der Waals surface area contributed by atoms with Gasteiger partial charge in [-0.2, -0.15) is 0 Å². The van der Waals surface area contributed by atoms with Crippen molar-refractivity contribution in [2.24, 2.45) is 0 Å². The fourth-order valence-electron chi connectivity index (χ4n) is 3.37. The van der Waals surface area contributed by atoms with E-state index in [9.17, 15) is 14.4 Å². The normalized spacial score (nSPS) is 13.8. The highest BCUT2D eigenvalue weighted by molar-refractivity contribution is 7.22. The summed E-state index contributed by atoms with van der Waals surface area (Å²) in [6.45, 7) is 2.54. The molecule has 0 N–H and O–H groups in total. The van der Waals surface area contributed by atoms with Crippen LogP contribution in [0.4, 0.5) is 10.8 Å². The minimum Gasteiger partial charge on any atom is -0.494 e. The predicted octanol–water partition coefficient (Wildman–Crippen LogP) is 3.90. The second-order valence-corrected chi connectivity index (χ2v) is 7.82. The number of ether oxygens (including phenoxy) is 1. The Kier molecular flexibility index (Phi) is 5.76. The fourth-order valence-corrected chi connectivity index (χ4v) is 4.37. The average Bonchev–Trinajstić information content (AvgIpc) is 3.31. The van der Waals surface area contributed by atoms with Gasteiger partial charge in [0.2, 0.25) is 17.7 Å². The third-order valence-corrected chi connectivity index (χ3v) is 5.85. The van der Waals surface area contributed by atoms with Gasteiger partial charge >= 0.3 is 0 Å². The summed E-state index contributed by atoms with van der Waals surface area (Å²) >= 11 is 1.42. The van der Waals surface area contributed by atoms with E-state index in [-0.39, 0.29) is 43.5 Å². The molecule has 1 aliphatic rings. The number of carbonyl (C=O) groups excluding carboxylic acids is 3. The first-order valence-electron chi connectivity index (χ1n) is 9.81. The number of benzene rings is 2. The van der Waals surface area contributed by atoms with Gasteiger partial charge in [0.1, 0.15) is 5.75 Å². The Morgan fingerprint density at radius 3 is 2.47 bits per heavy atom. The van der Waals surface area contributed by atoms with E-state index in [1.807, 2.05) is 31.2 Å². The van der Waals surface area contributed by atoms with Crippen molar-refractivity contribution in [1.82, 2.24) is 9.88 Å². The summed E-state index contributed by atoms with van der Waals surface area (Å²) in [4.78, 5) is 44.3. The smallest absolute Gasteiger partial charge is 0.235 e. The number of fused-ring (bicyclic) bond motifs is 1. The molecule has 4 rings (SSSR count). The van der Waals surface area contributed by atoms with Crippen LogP contribution in [-0.2, 0) is 14.4 Å². The molecule has 30 heavy (non-hydrogen) atoms. The van der Waals surface area contributed by atoms with Crippen LogP contribution in [0.25, 0.3) is 10.2 Å². The van der Waals surface area contributed by atoms with Gasteiger partial charge in [-0.3, -0.25) is 24.2 Å². The maximum absolute atomic E-state index is 13.2. The fraction of sp³-hybridized carbons (Fsp3) is 0.273. The lowest BCUT2D eigenvalue weighted by Gasteiger charge is -2.22. The summed E-state index contributed by atoms with van der Waals surface area (Å²) in [5.41, 5.74) is 1.47. The van der Waals surface area contributed by atoms with Gasteiger partial charge in [-0.15, -0.1) is 0 Å². The molecule has 3 amide bonds. The molecule has 154 valence electrons. The second-order valence-electron chi connectivity index (χ2n) is 6.81. The van der Waals surface area contributed by atoms with Crippen molar-refractivity contribution in [2.45, 2.75) is 26.2 Å². The highest BCUT2D eigenvalue weighted by Gasteiger charge is 2.30. The van der Waals surface area contributed by atoms with E-state index in [0.717, 1.165) is 10.2 Å². The lowest BCUT2D eigenvalue weighted by atomic mass is 10.2. The van der Waals surface area contributed by atoms with Crippen molar-refractivity contribution in [3.8, 4) is 5.75 Å². The SMILES string of the molecule is CCOc1ccc(N(C(=O)CCN2C(=O)CCC2=O)c2nc3ccccc3s2)cc1. The Labute approximate surface area is 177 Å². The minimum atomic E-state index is -0.231. The van der Waals surface area contributed by atoms with Crippen molar-refractivity contribution < 1.29 is 19.1 Å². The van der Waals surface area contributed by atoms with E-state index < -0.39 is 0 Å². The molecule has 0 spiro atoms. The van der Waals surface area contributed by atoms with Gasteiger partial charge < -0.3 is 4.74 Å². The molecule has 0 bridgehead atoms. The van der Waals surface area contributed by atoms with Gasteiger partial charge in [-0.05, 0) is 43.3 Å². The minimum absolute atomic E-state index is 0.0284. The molecule has 2 heterocycles. The number of likely N-dealkylation sites (tertiary alicyclic amines) is 1. The maximum atomic E-state index is 13.2. The van der Waals surface area contributed by atoms with E-state index >= 15 is 0 Å². The summed E-state index contributed by atoms with van der Waals surface area (Å²) in [6.07, 6.45) is 0.460. The number of nitrogens with zero attached hydrogens (tertiary/aromatic N) is 3. The van der Waals surface area contributed by atoms with Crippen LogP contribution in [0, 0.1) is 0 Å². The summed E-state index contributed by atoms with van der Waals surface area (Å²) in [5.74, 6) is 0.0396. The largest absolute Gasteiger partial charge is 0.494 e. The van der Waals surface area contributed by atoms with Gasteiger partial charge in [-0.1, -0.05) is 23.5 Å². The van der Waals surface area contributed by atoms with E-state index in [1.54, 1.807) is 29.2 Å². The number of hydrogen-bond acceptors (Lipinski definition) is 6. The van der Waals surface area contributed by atoms with Crippen molar-refractivity contribution in [1.29, 1.82) is 0 Å².